The van der Waals surface area contributed by atoms with Crippen LogP contribution in [0.25, 0.3) is 11.3 Å². The van der Waals surface area contributed by atoms with E-state index in [-0.39, 0.29) is 0 Å². The van der Waals surface area contributed by atoms with E-state index in [0.717, 1.165) is 11.1 Å². The maximum Gasteiger partial charge on any atom is 0.136 e. The molecule has 8 heteroatoms. The molecule has 1 aliphatic rings. The maximum absolute atomic E-state index is 10.4. The van der Waals surface area contributed by atoms with E-state index >= 15 is 0 Å². The monoisotopic (exact) mass is 430 g/mol. The third kappa shape index (κ3) is 4.12. The van der Waals surface area contributed by atoms with E-state index in [9.17, 15) is 15.3 Å². The summed E-state index contributed by atoms with van der Waals surface area (Å²) in [4.78, 5) is 8.78. The van der Waals surface area contributed by atoms with E-state index in [1.54, 1.807) is 36.9 Å². The van der Waals surface area contributed by atoms with Crippen LogP contribution in [0, 0.1) is 0 Å². The van der Waals surface area contributed by atoms with E-state index < -0.39 is 30.5 Å². The average molecular weight is 431 g/mol. The van der Waals surface area contributed by atoms with Gasteiger partial charge in [-0.3, -0.25) is 0 Å². The highest BCUT2D eigenvalue weighted by Crippen LogP contribution is 2.35. The lowest BCUT2D eigenvalue weighted by molar-refractivity contribution is -0.225. The van der Waals surface area contributed by atoms with Crippen LogP contribution in [0.15, 0.2) is 53.4 Å². The summed E-state index contributed by atoms with van der Waals surface area (Å²) in [6, 6.07) is 8.92. The highest BCUT2D eigenvalue weighted by molar-refractivity contribution is 6.31. The molecule has 30 heavy (non-hydrogen) atoms. The Labute approximate surface area is 178 Å². The van der Waals surface area contributed by atoms with E-state index in [4.69, 9.17) is 20.8 Å². The first-order chi connectivity index (χ1) is 14.5. The van der Waals surface area contributed by atoms with Gasteiger partial charge in [0, 0.05) is 23.8 Å². The molecule has 1 fully saturated rings. The molecule has 5 atom stereocenters. The Morgan fingerprint density at radius 2 is 1.80 bits per heavy atom. The van der Waals surface area contributed by atoms with E-state index in [2.05, 4.69) is 9.97 Å². The Kier molecular flexibility index (Phi) is 6.17. The second kappa shape index (κ2) is 8.83. The summed E-state index contributed by atoms with van der Waals surface area (Å²) in [5, 5.41) is 31.3. The van der Waals surface area contributed by atoms with Crippen molar-refractivity contribution >= 4 is 11.6 Å². The maximum atomic E-state index is 10.4. The summed E-state index contributed by atoms with van der Waals surface area (Å²) in [5.41, 5.74) is 2.21. The highest BCUT2D eigenvalue weighted by Gasteiger charge is 2.43. The first kappa shape index (κ1) is 21.0. The normalized spacial score (nSPS) is 26.6. The molecule has 0 unspecified atom stereocenters. The van der Waals surface area contributed by atoms with Gasteiger partial charge in [-0.1, -0.05) is 30.7 Å². The smallest absolute Gasteiger partial charge is 0.136 e. The van der Waals surface area contributed by atoms with Crippen molar-refractivity contribution in [3.05, 3.63) is 71.0 Å². The van der Waals surface area contributed by atoms with Gasteiger partial charge < -0.3 is 24.5 Å². The number of aliphatic hydroxyl groups excluding tert-OH is 3. The van der Waals surface area contributed by atoms with Crippen LogP contribution < -0.4 is 0 Å². The Morgan fingerprint density at radius 1 is 1.03 bits per heavy atom. The average Bonchev–Trinajstić information content (AvgIpc) is 3.30. The zero-order chi connectivity index (χ0) is 21.3. The van der Waals surface area contributed by atoms with Crippen molar-refractivity contribution in [3.63, 3.8) is 0 Å². The third-order valence-corrected chi connectivity index (χ3v) is 5.74. The lowest BCUT2D eigenvalue weighted by Gasteiger charge is -2.40. The van der Waals surface area contributed by atoms with Crippen LogP contribution in [0.1, 0.15) is 36.4 Å². The van der Waals surface area contributed by atoms with Gasteiger partial charge >= 0.3 is 0 Å². The molecule has 2 aromatic heterocycles. The molecule has 0 radical (unpaired) electrons. The molecule has 4 rings (SSSR count). The standard InChI is InChI=1S/C22H23ClN2O5/c1-2-16-19(26)20(27)21(28)22(30-16)12-5-6-15(23)13(8-12)9-18-24-10-14(11-25-18)17-4-3-7-29-17/h3-8,10-11,16,19-22,26-28H,2,9H2,1H3/t16-,19-,20+,21-,22+/m1/s1. The number of nitrogens with zero attached hydrogens (tertiary/aromatic N) is 2. The number of hydrogen-bond acceptors (Lipinski definition) is 7. The molecule has 0 bridgehead atoms. The first-order valence-corrected chi connectivity index (χ1v) is 10.2. The number of rotatable bonds is 5. The molecular weight excluding hydrogens is 408 g/mol. The van der Waals surface area contributed by atoms with Crippen LogP contribution in [0.4, 0.5) is 0 Å². The molecule has 0 aliphatic carbocycles. The van der Waals surface area contributed by atoms with E-state index in [1.807, 2.05) is 19.1 Å². The van der Waals surface area contributed by atoms with Crippen molar-refractivity contribution in [2.75, 3.05) is 0 Å². The topological polar surface area (TPSA) is 109 Å². The van der Waals surface area contributed by atoms with Crippen molar-refractivity contribution in [2.45, 2.75) is 50.3 Å². The summed E-state index contributed by atoms with van der Waals surface area (Å²) < 4.78 is 11.2. The Balaban J connectivity index is 1.56. The molecule has 1 aliphatic heterocycles. The minimum Gasteiger partial charge on any atom is -0.464 e. The van der Waals surface area contributed by atoms with Crippen LogP contribution >= 0.6 is 11.6 Å². The van der Waals surface area contributed by atoms with Crippen LogP contribution in [0.3, 0.4) is 0 Å². The van der Waals surface area contributed by atoms with Crippen LogP contribution in [0.2, 0.25) is 5.02 Å². The minimum absolute atomic E-state index is 0.385. The highest BCUT2D eigenvalue weighted by atomic mass is 35.5. The Hall–Kier alpha value is -2.29. The van der Waals surface area contributed by atoms with Crippen molar-refractivity contribution in [2.24, 2.45) is 0 Å². The second-order valence-electron chi connectivity index (χ2n) is 7.37. The molecule has 7 nitrogen and oxygen atoms in total. The molecular formula is C22H23ClN2O5. The van der Waals surface area contributed by atoms with Gasteiger partial charge in [0.1, 0.15) is 36.0 Å². The van der Waals surface area contributed by atoms with E-state index in [1.165, 1.54) is 0 Å². The molecule has 3 heterocycles. The molecule has 0 saturated carbocycles. The van der Waals surface area contributed by atoms with Crippen molar-refractivity contribution in [1.82, 2.24) is 9.97 Å². The van der Waals surface area contributed by atoms with Gasteiger partial charge in [0.15, 0.2) is 0 Å². The summed E-state index contributed by atoms with van der Waals surface area (Å²) in [6.45, 7) is 1.85. The Bertz CT molecular complexity index is 978. The van der Waals surface area contributed by atoms with Gasteiger partial charge in [-0.05, 0) is 35.7 Å². The molecule has 1 aromatic carbocycles. The number of ether oxygens (including phenoxy) is 1. The van der Waals surface area contributed by atoms with Crippen LogP contribution in [0.5, 0.6) is 0 Å². The predicted octanol–water partition coefficient (Wildman–Crippen LogP) is 2.91. The molecule has 0 amide bonds. The van der Waals surface area contributed by atoms with Gasteiger partial charge in [0.05, 0.1) is 17.9 Å². The van der Waals surface area contributed by atoms with Crippen LogP contribution in [-0.2, 0) is 11.2 Å². The van der Waals surface area contributed by atoms with Gasteiger partial charge in [-0.2, -0.15) is 0 Å². The summed E-state index contributed by atoms with van der Waals surface area (Å²) in [6.07, 6.45) is 0.868. The van der Waals surface area contributed by atoms with Gasteiger partial charge in [-0.15, -0.1) is 0 Å². The predicted molar refractivity (Wildman–Crippen MR) is 110 cm³/mol. The van der Waals surface area contributed by atoms with E-state index in [0.29, 0.717) is 35.0 Å². The van der Waals surface area contributed by atoms with Crippen molar-refractivity contribution in [1.29, 1.82) is 0 Å². The number of benzene rings is 1. The number of halogens is 1. The zero-order valence-electron chi connectivity index (χ0n) is 16.4. The SMILES string of the molecule is CC[C@H]1O[C@@H](c2ccc(Cl)c(Cc3ncc(-c4ccco4)cn3)c2)[C@H](O)[C@@H](O)[C@@H]1O. The number of hydrogen-bond donors (Lipinski definition) is 3. The quantitative estimate of drug-likeness (QED) is 0.571. The summed E-state index contributed by atoms with van der Waals surface area (Å²) in [7, 11) is 0. The number of furan rings is 1. The van der Waals surface area contributed by atoms with Crippen molar-refractivity contribution < 1.29 is 24.5 Å². The second-order valence-corrected chi connectivity index (χ2v) is 7.78. The molecule has 0 spiro atoms. The minimum atomic E-state index is -1.29. The third-order valence-electron chi connectivity index (χ3n) is 5.37. The molecule has 1 saturated heterocycles. The van der Waals surface area contributed by atoms with Gasteiger partial charge in [0.25, 0.3) is 0 Å². The largest absolute Gasteiger partial charge is 0.464 e. The number of aromatic nitrogens is 2. The van der Waals surface area contributed by atoms with Crippen molar-refractivity contribution in [3.8, 4) is 11.3 Å². The zero-order valence-corrected chi connectivity index (χ0v) is 17.1. The van der Waals surface area contributed by atoms with Crippen LogP contribution in [-0.4, -0.2) is 49.7 Å². The fourth-order valence-corrected chi connectivity index (χ4v) is 3.84. The molecule has 3 N–H and O–H groups in total. The molecule has 3 aromatic rings. The van der Waals surface area contributed by atoms with Gasteiger partial charge in [0.2, 0.25) is 0 Å². The number of aliphatic hydroxyl groups is 3. The lowest BCUT2D eigenvalue weighted by atomic mass is 9.89. The first-order valence-electron chi connectivity index (χ1n) is 9.80. The van der Waals surface area contributed by atoms with Gasteiger partial charge in [-0.25, -0.2) is 9.97 Å². The molecule has 158 valence electrons. The Morgan fingerprint density at radius 3 is 2.47 bits per heavy atom. The summed E-state index contributed by atoms with van der Waals surface area (Å²) >= 11 is 6.38. The summed E-state index contributed by atoms with van der Waals surface area (Å²) in [5.74, 6) is 1.27. The fraction of sp³-hybridized carbons (Fsp3) is 0.364. The lowest BCUT2D eigenvalue weighted by Crippen LogP contribution is -2.53. The fourth-order valence-electron chi connectivity index (χ4n) is 3.66.